The summed E-state index contributed by atoms with van der Waals surface area (Å²) in [4.78, 5) is 46.7. The zero-order valence-electron chi connectivity index (χ0n) is 26.1. The van der Waals surface area contributed by atoms with Crippen molar-refractivity contribution in [2.24, 2.45) is 23.7 Å². The van der Waals surface area contributed by atoms with Crippen molar-refractivity contribution in [3.05, 3.63) is 36.4 Å². The van der Waals surface area contributed by atoms with E-state index in [2.05, 4.69) is 36.3 Å². The third-order valence-electron chi connectivity index (χ3n) is 11.2. The van der Waals surface area contributed by atoms with Crippen LogP contribution in [0.2, 0.25) is 0 Å². The molecule has 1 aliphatic carbocycles. The van der Waals surface area contributed by atoms with Gasteiger partial charge in [0.25, 0.3) is 0 Å². The van der Waals surface area contributed by atoms with E-state index in [0.717, 1.165) is 32.2 Å². The van der Waals surface area contributed by atoms with Crippen molar-refractivity contribution in [1.82, 2.24) is 15.1 Å². The van der Waals surface area contributed by atoms with Gasteiger partial charge in [0.05, 0.1) is 25.0 Å². The largest absolute Gasteiger partial charge is 0.497 e. The molecule has 4 fully saturated rings. The molecule has 1 spiro atoms. The number of rotatable bonds is 9. The minimum absolute atomic E-state index is 0.0620. The predicted octanol–water partition coefficient (Wildman–Crippen LogP) is 3.99. The Kier molecular flexibility index (Phi) is 8.57. The van der Waals surface area contributed by atoms with Crippen LogP contribution in [-0.2, 0) is 19.1 Å². The number of nitrogens with zero attached hydrogens (tertiary/aromatic N) is 2. The number of anilines is 1. The number of hydrogen-bond donors (Lipinski definition) is 2. The molecular weight excluding hydrogens is 544 g/mol. The lowest BCUT2D eigenvalue weighted by atomic mass is 9.73. The van der Waals surface area contributed by atoms with Gasteiger partial charge in [0.1, 0.15) is 17.4 Å². The maximum atomic E-state index is 14.4. The molecule has 9 nitrogen and oxygen atoms in total. The Balaban J connectivity index is 1.27. The average Bonchev–Trinajstić information content (AvgIpc) is 3.66. The molecule has 9 heteroatoms. The zero-order valence-corrected chi connectivity index (χ0v) is 26.1. The average molecular weight is 593 g/mol. The van der Waals surface area contributed by atoms with Crippen LogP contribution in [-0.4, -0.2) is 84.1 Å². The molecule has 1 aromatic carbocycles. The molecule has 9 atom stereocenters. The monoisotopic (exact) mass is 592 g/mol. The highest BCUT2D eigenvalue weighted by Crippen LogP contribution is 2.55. The molecule has 1 aromatic rings. The molecule has 0 unspecified atom stereocenters. The molecule has 3 amide bonds. The van der Waals surface area contributed by atoms with Gasteiger partial charge in [-0.15, -0.1) is 0 Å². The van der Waals surface area contributed by atoms with Crippen LogP contribution in [0.5, 0.6) is 5.75 Å². The van der Waals surface area contributed by atoms with E-state index in [-0.39, 0.29) is 23.8 Å². The summed E-state index contributed by atoms with van der Waals surface area (Å²) in [7, 11) is 1.60. The number of hydrogen-bond acceptors (Lipinski definition) is 6. The summed E-state index contributed by atoms with van der Waals surface area (Å²) < 4.78 is 11.8. The molecule has 0 aromatic heterocycles. The second kappa shape index (κ2) is 12.2. The van der Waals surface area contributed by atoms with Gasteiger partial charge in [-0.1, -0.05) is 52.2 Å². The van der Waals surface area contributed by atoms with Crippen molar-refractivity contribution in [2.75, 3.05) is 32.1 Å². The van der Waals surface area contributed by atoms with Crippen LogP contribution < -0.4 is 15.4 Å². The third-order valence-corrected chi connectivity index (χ3v) is 11.2. The normalized spacial score (nSPS) is 36.9. The molecule has 234 valence electrons. The van der Waals surface area contributed by atoms with E-state index in [1.807, 2.05) is 12.2 Å². The predicted molar refractivity (Wildman–Crippen MR) is 164 cm³/mol. The molecule has 3 saturated heterocycles. The van der Waals surface area contributed by atoms with Gasteiger partial charge >= 0.3 is 0 Å². The number of ether oxygens (including phenoxy) is 2. The van der Waals surface area contributed by atoms with Crippen molar-refractivity contribution >= 4 is 23.4 Å². The van der Waals surface area contributed by atoms with Gasteiger partial charge in [-0.05, 0) is 68.3 Å². The first kappa shape index (κ1) is 30.1. The van der Waals surface area contributed by atoms with Crippen molar-refractivity contribution < 1.29 is 23.9 Å². The highest BCUT2D eigenvalue weighted by atomic mass is 16.5. The molecule has 2 N–H and O–H groups in total. The van der Waals surface area contributed by atoms with Crippen LogP contribution >= 0.6 is 0 Å². The van der Waals surface area contributed by atoms with E-state index < -0.39 is 29.6 Å². The van der Waals surface area contributed by atoms with Crippen LogP contribution in [0.15, 0.2) is 36.4 Å². The number of benzene rings is 1. The van der Waals surface area contributed by atoms with Crippen LogP contribution in [0.25, 0.3) is 0 Å². The van der Waals surface area contributed by atoms with Gasteiger partial charge in [-0.3, -0.25) is 19.3 Å². The highest BCUT2D eigenvalue weighted by molar-refractivity contribution is 6.02. The first-order valence-corrected chi connectivity index (χ1v) is 16.4. The smallest absolute Gasteiger partial charge is 0.246 e. The van der Waals surface area contributed by atoms with E-state index in [1.165, 1.54) is 19.3 Å². The fraction of sp³-hybridized carbons (Fsp3) is 0.676. The zero-order chi connectivity index (χ0) is 30.3. The van der Waals surface area contributed by atoms with Crippen LogP contribution in [0.3, 0.4) is 0 Å². The summed E-state index contributed by atoms with van der Waals surface area (Å²) in [5.41, 5.74) is -0.525. The van der Waals surface area contributed by atoms with E-state index >= 15 is 0 Å². The summed E-state index contributed by atoms with van der Waals surface area (Å²) in [6.45, 7) is 8.85. The van der Waals surface area contributed by atoms with Gasteiger partial charge in [0, 0.05) is 30.9 Å². The molecule has 1 saturated carbocycles. The summed E-state index contributed by atoms with van der Waals surface area (Å²) in [5, 5.41) is 6.36. The molecule has 43 heavy (non-hydrogen) atoms. The van der Waals surface area contributed by atoms with Crippen molar-refractivity contribution in [3.8, 4) is 5.75 Å². The minimum Gasteiger partial charge on any atom is -0.497 e. The van der Waals surface area contributed by atoms with Crippen molar-refractivity contribution in [1.29, 1.82) is 0 Å². The third kappa shape index (κ3) is 5.37. The van der Waals surface area contributed by atoms with Gasteiger partial charge in [-0.25, -0.2) is 0 Å². The van der Waals surface area contributed by atoms with E-state index in [4.69, 9.17) is 9.47 Å². The van der Waals surface area contributed by atoms with Crippen LogP contribution in [0.1, 0.15) is 65.7 Å². The number of piperidine rings is 1. The fourth-order valence-corrected chi connectivity index (χ4v) is 8.51. The maximum absolute atomic E-state index is 14.4. The Morgan fingerprint density at radius 3 is 2.58 bits per heavy atom. The van der Waals surface area contributed by atoms with Gasteiger partial charge in [0.15, 0.2) is 0 Å². The number of amides is 3. The second-order valence-electron chi connectivity index (χ2n) is 13.4. The first-order chi connectivity index (χ1) is 20.8. The summed E-state index contributed by atoms with van der Waals surface area (Å²) >= 11 is 0. The molecule has 5 aliphatic rings. The van der Waals surface area contributed by atoms with Crippen LogP contribution in [0.4, 0.5) is 5.69 Å². The lowest BCUT2D eigenvalue weighted by Gasteiger charge is -2.39. The number of likely N-dealkylation sites (tertiary alicyclic amines) is 2. The molecule has 4 aliphatic heterocycles. The molecular formula is C34H48N4O5. The Hall–Kier alpha value is -2.91. The Labute approximate surface area is 255 Å². The molecule has 4 heterocycles. The van der Waals surface area contributed by atoms with Crippen molar-refractivity contribution in [3.63, 3.8) is 0 Å². The van der Waals surface area contributed by atoms with Crippen molar-refractivity contribution in [2.45, 2.75) is 95.5 Å². The minimum atomic E-state index is -1.15. The Morgan fingerprint density at radius 1 is 1.05 bits per heavy atom. The van der Waals surface area contributed by atoms with E-state index in [0.29, 0.717) is 42.4 Å². The van der Waals surface area contributed by atoms with Crippen LogP contribution in [0, 0.1) is 23.7 Å². The summed E-state index contributed by atoms with van der Waals surface area (Å²) in [5.74, 6) is -0.465. The maximum Gasteiger partial charge on any atom is 0.246 e. The van der Waals surface area contributed by atoms with Gasteiger partial charge < -0.3 is 25.0 Å². The Morgan fingerprint density at radius 2 is 1.84 bits per heavy atom. The lowest BCUT2D eigenvalue weighted by molar-refractivity contribution is -0.142. The highest BCUT2D eigenvalue weighted by Gasteiger charge is 2.72. The number of fused-ring (bicyclic) bond motifs is 1. The SMILES string of the molecule is CC[C@@H]1CCCCN1CCN1C(=O)[C@@H]2[C@H](C(=O)Nc3ccc(OC)cc3)[C@@H]3C=C[C@@]2(O3)[C@@H]1C(=O)N[C@@H]1CCC[C@@H](C)[C@@H]1C. The number of methoxy groups -OCH3 is 1. The lowest BCUT2D eigenvalue weighted by Crippen LogP contribution is -2.58. The summed E-state index contributed by atoms with van der Waals surface area (Å²) in [6.07, 6.45) is 11.0. The first-order valence-electron chi connectivity index (χ1n) is 16.4. The Bertz CT molecular complexity index is 1240. The second-order valence-corrected chi connectivity index (χ2v) is 13.4. The fourth-order valence-electron chi connectivity index (χ4n) is 8.51. The molecule has 0 radical (unpaired) electrons. The topological polar surface area (TPSA) is 100 Å². The molecule has 6 rings (SSSR count). The summed E-state index contributed by atoms with van der Waals surface area (Å²) in [6, 6.07) is 6.89. The number of nitrogens with one attached hydrogen (secondary N) is 2. The van der Waals surface area contributed by atoms with Gasteiger partial charge in [0.2, 0.25) is 17.7 Å². The van der Waals surface area contributed by atoms with E-state index in [1.54, 1.807) is 36.3 Å². The number of carbonyl (C=O) groups excluding carboxylic acids is 3. The van der Waals surface area contributed by atoms with Gasteiger partial charge in [-0.2, -0.15) is 0 Å². The standard InChI is InChI=1S/C34H48N4O5/c1-5-24-10-6-7-18-37(24)19-20-38-30(32(40)36-26-11-8-9-21(2)22(26)3)34-17-16-27(43-34)28(29(34)33(38)41)31(39)35-23-12-14-25(42-4)15-13-23/h12-17,21-22,24,26-30H,5-11,18-20H2,1-4H3,(H,35,39)(H,36,40)/t21-,22+,24-,26-,27+,28-,29+,30+,34+/m1/s1. The molecule has 2 bridgehead atoms. The van der Waals surface area contributed by atoms with E-state index in [9.17, 15) is 14.4 Å². The quantitative estimate of drug-likeness (QED) is 0.421. The number of carbonyl (C=O) groups is 3.